The van der Waals surface area contributed by atoms with Gasteiger partial charge in [0.15, 0.2) is 0 Å². The van der Waals surface area contributed by atoms with Gasteiger partial charge in [0.05, 0.1) is 12.8 Å². The Bertz CT molecular complexity index is 342. The lowest BCUT2D eigenvalue weighted by Gasteiger charge is -2.19. The predicted octanol–water partition coefficient (Wildman–Crippen LogP) is 2.76. The Morgan fingerprint density at radius 1 is 1.47 bits per heavy atom. The molecule has 1 aliphatic carbocycles. The van der Waals surface area contributed by atoms with Crippen molar-refractivity contribution in [2.75, 3.05) is 6.54 Å². The molecule has 0 radical (unpaired) electrons. The minimum Gasteiger partial charge on any atom is -0.468 e. The Kier molecular flexibility index (Phi) is 4.24. The minimum atomic E-state index is 0.499. The summed E-state index contributed by atoms with van der Waals surface area (Å²) in [6, 6.07) is 3.43. The highest BCUT2D eigenvalue weighted by Gasteiger charge is 2.28. The average Bonchev–Trinajstić information content (AvgIpc) is 3.04. The molecule has 17 heavy (non-hydrogen) atoms. The summed E-state index contributed by atoms with van der Waals surface area (Å²) < 4.78 is 5.57. The monoisotopic (exact) mass is 236 g/mol. The Hall–Kier alpha value is -0.800. The van der Waals surface area contributed by atoms with Gasteiger partial charge in [0.25, 0.3) is 0 Å². The van der Waals surface area contributed by atoms with Gasteiger partial charge in [-0.15, -0.1) is 0 Å². The molecule has 1 aromatic rings. The zero-order chi connectivity index (χ0) is 12.3. The second-order valence-electron chi connectivity index (χ2n) is 5.20. The molecule has 0 aromatic carbocycles. The van der Waals surface area contributed by atoms with Crippen LogP contribution in [-0.4, -0.2) is 23.5 Å². The molecular formula is C14H24N2O. The van der Waals surface area contributed by atoms with Gasteiger partial charge in [0.2, 0.25) is 0 Å². The van der Waals surface area contributed by atoms with Crippen molar-refractivity contribution in [3.63, 3.8) is 0 Å². The lowest BCUT2D eigenvalue weighted by molar-refractivity contribution is 0.266. The fourth-order valence-corrected chi connectivity index (χ4v) is 2.12. The smallest absolute Gasteiger partial charge is 0.122 e. The zero-order valence-electron chi connectivity index (χ0n) is 11.2. The standard InChI is InChI=1S/C14H24N2O/c1-4-16(13-5-6-13)10-12-7-8-17-14(12)9-15-11(2)3/h7-8,11,13,15H,4-6,9-10H2,1-3H3. The van der Waals surface area contributed by atoms with Gasteiger partial charge in [-0.05, 0) is 25.5 Å². The van der Waals surface area contributed by atoms with Gasteiger partial charge in [0, 0.05) is 24.2 Å². The van der Waals surface area contributed by atoms with E-state index >= 15 is 0 Å². The Labute approximate surface area is 104 Å². The molecule has 0 atom stereocenters. The number of rotatable bonds is 7. The first-order valence-corrected chi connectivity index (χ1v) is 6.73. The van der Waals surface area contributed by atoms with E-state index in [2.05, 4.69) is 37.1 Å². The molecule has 0 aliphatic heterocycles. The summed E-state index contributed by atoms with van der Waals surface area (Å²) in [6.45, 7) is 9.56. The van der Waals surface area contributed by atoms with Gasteiger partial charge < -0.3 is 9.73 Å². The van der Waals surface area contributed by atoms with Crippen LogP contribution in [0, 0.1) is 0 Å². The van der Waals surface area contributed by atoms with Gasteiger partial charge in [0.1, 0.15) is 5.76 Å². The normalized spacial score (nSPS) is 16.1. The van der Waals surface area contributed by atoms with Gasteiger partial charge in [-0.3, -0.25) is 4.90 Å². The van der Waals surface area contributed by atoms with Gasteiger partial charge in [-0.2, -0.15) is 0 Å². The van der Waals surface area contributed by atoms with E-state index in [1.54, 1.807) is 0 Å². The molecule has 0 amide bonds. The molecule has 1 heterocycles. The van der Waals surface area contributed by atoms with E-state index in [1.165, 1.54) is 18.4 Å². The van der Waals surface area contributed by atoms with Crippen LogP contribution >= 0.6 is 0 Å². The molecule has 2 rings (SSSR count). The van der Waals surface area contributed by atoms with Crippen LogP contribution in [0.2, 0.25) is 0 Å². The summed E-state index contributed by atoms with van der Waals surface area (Å²) in [4.78, 5) is 2.55. The average molecular weight is 236 g/mol. The van der Waals surface area contributed by atoms with Crippen LogP contribution in [0.5, 0.6) is 0 Å². The topological polar surface area (TPSA) is 28.4 Å². The zero-order valence-corrected chi connectivity index (χ0v) is 11.2. The van der Waals surface area contributed by atoms with Gasteiger partial charge >= 0.3 is 0 Å². The van der Waals surface area contributed by atoms with Crippen molar-refractivity contribution in [1.82, 2.24) is 10.2 Å². The van der Waals surface area contributed by atoms with Crippen molar-refractivity contribution in [1.29, 1.82) is 0 Å². The first kappa shape index (κ1) is 12.7. The Balaban J connectivity index is 1.92. The first-order valence-electron chi connectivity index (χ1n) is 6.73. The minimum absolute atomic E-state index is 0.499. The molecule has 1 N–H and O–H groups in total. The van der Waals surface area contributed by atoms with E-state index in [0.29, 0.717) is 6.04 Å². The highest BCUT2D eigenvalue weighted by Crippen LogP contribution is 2.28. The summed E-state index contributed by atoms with van der Waals surface area (Å²) >= 11 is 0. The van der Waals surface area contributed by atoms with Crippen molar-refractivity contribution in [3.05, 3.63) is 23.7 Å². The summed E-state index contributed by atoms with van der Waals surface area (Å²) in [5, 5.41) is 3.41. The van der Waals surface area contributed by atoms with E-state index < -0.39 is 0 Å². The second kappa shape index (κ2) is 5.69. The maximum absolute atomic E-state index is 5.57. The SMILES string of the molecule is CCN(Cc1ccoc1CNC(C)C)C1CC1. The molecule has 1 aliphatic rings. The number of hydrogen-bond donors (Lipinski definition) is 1. The maximum atomic E-state index is 5.57. The quantitative estimate of drug-likeness (QED) is 0.789. The number of nitrogens with one attached hydrogen (secondary N) is 1. The van der Waals surface area contributed by atoms with Gasteiger partial charge in [-0.1, -0.05) is 20.8 Å². The molecule has 3 nitrogen and oxygen atoms in total. The third kappa shape index (κ3) is 3.58. The van der Waals surface area contributed by atoms with E-state index in [0.717, 1.165) is 31.4 Å². The summed E-state index contributed by atoms with van der Waals surface area (Å²) in [5.41, 5.74) is 1.34. The molecule has 96 valence electrons. The second-order valence-corrected chi connectivity index (χ2v) is 5.20. The van der Waals surface area contributed by atoms with E-state index in [4.69, 9.17) is 4.42 Å². The molecule has 0 spiro atoms. The predicted molar refractivity (Wildman–Crippen MR) is 69.8 cm³/mol. The Morgan fingerprint density at radius 2 is 2.24 bits per heavy atom. The molecular weight excluding hydrogens is 212 g/mol. The van der Waals surface area contributed by atoms with Crippen molar-refractivity contribution in [2.45, 2.75) is 58.8 Å². The van der Waals surface area contributed by atoms with Gasteiger partial charge in [-0.25, -0.2) is 0 Å². The number of furan rings is 1. The largest absolute Gasteiger partial charge is 0.468 e. The molecule has 3 heteroatoms. The van der Waals surface area contributed by atoms with Crippen LogP contribution < -0.4 is 5.32 Å². The van der Waals surface area contributed by atoms with Crippen LogP contribution in [0.1, 0.15) is 44.9 Å². The fourth-order valence-electron chi connectivity index (χ4n) is 2.12. The molecule has 1 saturated carbocycles. The molecule has 1 aromatic heterocycles. The van der Waals surface area contributed by atoms with Crippen LogP contribution in [0.15, 0.2) is 16.7 Å². The highest BCUT2D eigenvalue weighted by molar-refractivity contribution is 5.17. The Morgan fingerprint density at radius 3 is 2.82 bits per heavy atom. The van der Waals surface area contributed by atoms with Crippen LogP contribution in [-0.2, 0) is 13.1 Å². The lowest BCUT2D eigenvalue weighted by Crippen LogP contribution is -2.26. The maximum Gasteiger partial charge on any atom is 0.122 e. The highest BCUT2D eigenvalue weighted by atomic mass is 16.3. The number of hydrogen-bond acceptors (Lipinski definition) is 3. The van der Waals surface area contributed by atoms with Crippen molar-refractivity contribution < 1.29 is 4.42 Å². The summed E-state index contributed by atoms with van der Waals surface area (Å²) in [6.07, 6.45) is 4.55. The molecule has 0 bridgehead atoms. The molecule has 1 fully saturated rings. The van der Waals surface area contributed by atoms with Crippen LogP contribution in [0.3, 0.4) is 0 Å². The van der Waals surface area contributed by atoms with Crippen molar-refractivity contribution in [3.8, 4) is 0 Å². The van der Waals surface area contributed by atoms with E-state index in [9.17, 15) is 0 Å². The summed E-state index contributed by atoms with van der Waals surface area (Å²) in [5.74, 6) is 1.10. The molecule has 0 saturated heterocycles. The van der Waals surface area contributed by atoms with Crippen molar-refractivity contribution in [2.24, 2.45) is 0 Å². The third-order valence-electron chi connectivity index (χ3n) is 3.35. The van der Waals surface area contributed by atoms with E-state index in [-0.39, 0.29) is 0 Å². The summed E-state index contributed by atoms with van der Waals surface area (Å²) in [7, 11) is 0. The fraction of sp³-hybridized carbons (Fsp3) is 0.714. The van der Waals surface area contributed by atoms with E-state index in [1.807, 2.05) is 6.26 Å². The molecule has 0 unspecified atom stereocenters. The first-order chi connectivity index (χ1) is 8.20. The van der Waals surface area contributed by atoms with Crippen molar-refractivity contribution >= 4 is 0 Å². The lowest BCUT2D eigenvalue weighted by atomic mass is 10.2. The third-order valence-corrected chi connectivity index (χ3v) is 3.35. The van der Waals surface area contributed by atoms with Crippen LogP contribution in [0.25, 0.3) is 0 Å². The van der Waals surface area contributed by atoms with Crippen LogP contribution in [0.4, 0.5) is 0 Å². The number of nitrogens with zero attached hydrogens (tertiary/aromatic N) is 1.